The molecule has 148 valence electrons. The van der Waals surface area contributed by atoms with Crippen LogP contribution in [0.15, 0.2) is 18.3 Å². The van der Waals surface area contributed by atoms with Gasteiger partial charge >= 0.3 is 0 Å². The predicted molar refractivity (Wildman–Crippen MR) is 104 cm³/mol. The third kappa shape index (κ3) is 3.30. The largest absolute Gasteiger partial charge is 0.343 e. The molecule has 0 spiro atoms. The normalized spacial score (nSPS) is 17.8. The Morgan fingerprint density at radius 3 is 2.75 bits per heavy atom. The number of amides is 2. The minimum atomic E-state index is -0.350. The summed E-state index contributed by atoms with van der Waals surface area (Å²) in [4.78, 5) is 27.2. The second-order valence-corrected chi connectivity index (χ2v) is 7.81. The highest BCUT2D eigenvalue weighted by Crippen LogP contribution is 2.40. The summed E-state index contributed by atoms with van der Waals surface area (Å²) in [5.41, 5.74) is 3.67. The van der Waals surface area contributed by atoms with E-state index in [0.29, 0.717) is 35.7 Å². The molecule has 7 heteroatoms. The number of H-pyrrole nitrogens is 1. The molecule has 3 heterocycles. The van der Waals surface area contributed by atoms with Gasteiger partial charge in [0.2, 0.25) is 11.8 Å². The number of hydrogen-bond acceptors (Lipinski definition) is 3. The SMILES string of the molecule is CC(=O)N1CCC(Cc2cn[nH]c2-c2c(F)ccc3c2N(C)C(=O)CC3)CC1. The summed E-state index contributed by atoms with van der Waals surface area (Å²) in [6.45, 7) is 3.13. The van der Waals surface area contributed by atoms with Gasteiger partial charge in [0.25, 0.3) is 0 Å². The van der Waals surface area contributed by atoms with Crippen molar-refractivity contribution in [1.29, 1.82) is 0 Å². The first-order chi connectivity index (χ1) is 13.5. The summed E-state index contributed by atoms with van der Waals surface area (Å²) in [7, 11) is 1.71. The number of hydrogen-bond donors (Lipinski definition) is 1. The first-order valence-corrected chi connectivity index (χ1v) is 9.81. The van der Waals surface area contributed by atoms with Gasteiger partial charge in [-0.3, -0.25) is 14.7 Å². The maximum atomic E-state index is 14.9. The minimum absolute atomic E-state index is 0.00276. The molecule has 2 amide bonds. The Hall–Kier alpha value is -2.70. The number of halogens is 1. The highest BCUT2D eigenvalue weighted by Gasteiger charge is 2.29. The lowest BCUT2D eigenvalue weighted by Gasteiger charge is -2.31. The van der Waals surface area contributed by atoms with Crippen molar-refractivity contribution in [1.82, 2.24) is 15.1 Å². The van der Waals surface area contributed by atoms with Crippen LogP contribution in [-0.2, 0) is 22.4 Å². The Labute approximate surface area is 163 Å². The summed E-state index contributed by atoms with van der Waals surface area (Å²) in [5, 5.41) is 7.15. The molecule has 0 saturated carbocycles. The third-order valence-electron chi connectivity index (χ3n) is 6.06. The molecule has 0 atom stereocenters. The number of anilines is 1. The molecule has 1 saturated heterocycles. The highest BCUT2D eigenvalue weighted by atomic mass is 19.1. The molecule has 0 radical (unpaired) electrons. The van der Waals surface area contributed by atoms with Crippen LogP contribution in [0.5, 0.6) is 0 Å². The maximum Gasteiger partial charge on any atom is 0.227 e. The van der Waals surface area contributed by atoms with Crippen LogP contribution in [0.25, 0.3) is 11.3 Å². The van der Waals surface area contributed by atoms with Crippen molar-refractivity contribution in [3.05, 3.63) is 35.3 Å². The molecule has 0 unspecified atom stereocenters. The Balaban J connectivity index is 1.64. The Kier molecular flexibility index (Phi) is 4.91. The molecule has 28 heavy (non-hydrogen) atoms. The van der Waals surface area contributed by atoms with Gasteiger partial charge in [0.15, 0.2) is 0 Å². The Bertz CT molecular complexity index is 915. The lowest BCUT2D eigenvalue weighted by molar-refractivity contribution is -0.130. The van der Waals surface area contributed by atoms with Gasteiger partial charge in [-0.1, -0.05) is 6.07 Å². The van der Waals surface area contributed by atoms with Gasteiger partial charge in [-0.2, -0.15) is 5.10 Å². The lowest BCUT2D eigenvalue weighted by Crippen LogP contribution is -2.37. The van der Waals surface area contributed by atoms with Crippen LogP contribution in [0.4, 0.5) is 10.1 Å². The van der Waals surface area contributed by atoms with E-state index in [9.17, 15) is 14.0 Å². The molecule has 2 aliphatic rings. The first-order valence-electron chi connectivity index (χ1n) is 9.81. The van der Waals surface area contributed by atoms with Crippen molar-refractivity contribution < 1.29 is 14.0 Å². The van der Waals surface area contributed by atoms with E-state index in [2.05, 4.69) is 10.2 Å². The minimum Gasteiger partial charge on any atom is -0.343 e. The predicted octanol–water partition coefficient (Wildman–Crippen LogP) is 2.93. The van der Waals surface area contributed by atoms with E-state index >= 15 is 0 Å². The zero-order valence-electron chi connectivity index (χ0n) is 16.3. The summed E-state index contributed by atoms with van der Waals surface area (Å²) >= 11 is 0. The van der Waals surface area contributed by atoms with E-state index in [1.54, 1.807) is 31.1 Å². The number of fused-ring (bicyclic) bond motifs is 1. The molecule has 1 aromatic heterocycles. The number of likely N-dealkylation sites (tertiary alicyclic amines) is 1. The highest BCUT2D eigenvalue weighted by molar-refractivity contribution is 6.00. The van der Waals surface area contributed by atoms with Crippen LogP contribution in [0, 0.1) is 11.7 Å². The van der Waals surface area contributed by atoms with Gasteiger partial charge in [-0.15, -0.1) is 0 Å². The molecular weight excluding hydrogens is 359 g/mol. The van der Waals surface area contributed by atoms with Crippen molar-refractivity contribution in [3.8, 4) is 11.3 Å². The number of aryl methyl sites for hydroxylation is 1. The van der Waals surface area contributed by atoms with Crippen LogP contribution < -0.4 is 4.90 Å². The quantitative estimate of drug-likeness (QED) is 0.885. The van der Waals surface area contributed by atoms with Crippen LogP contribution in [0.1, 0.15) is 37.3 Å². The maximum absolute atomic E-state index is 14.9. The van der Waals surface area contributed by atoms with Crippen molar-refractivity contribution in [2.24, 2.45) is 5.92 Å². The lowest BCUT2D eigenvalue weighted by atomic mass is 9.88. The van der Waals surface area contributed by atoms with Crippen molar-refractivity contribution >= 4 is 17.5 Å². The monoisotopic (exact) mass is 384 g/mol. The van der Waals surface area contributed by atoms with Gasteiger partial charge in [-0.05, 0) is 48.8 Å². The van der Waals surface area contributed by atoms with Gasteiger partial charge in [0.05, 0.1) is 23.1 Å². The zero-order valence-corrected chi connectivity index (χ0v) is 16.3. The number of rotatable bonds is 3. The van der Waals surface area contributed by atoms with Crippen molar-refractivity contribution in [2.45, 2.75) is 39.0 Å². The summed E-state index contributed by atoms with van der Waals surface area (Å²) < 4.78 is 14.9. The number of aromatic amines is 1. The number of carbonyl (C=O) groups is 2. The molecule has 1 fully saturated rings. The van der Waals surface area contributed by atoms with E-state index in [-0.39, 0.29) is 17.6 Å². The summed E-state index contributed by atoms with van der Waals surface area (Å²) in [5.74, 6) is 0.191. The fraction of sp³-hybridized carbons (Fsp3) is 0.476. The Morgan fingerprint density at radius 1 is 1.29 bits per heavy atom. The molecule has 1 aromatic carbocycles. The molecule has 2 aromatic rings. The average Bonchev–Trinajstić information content (AvgIpc) is 3.13. The second-order valence-electron chi connectivity index (χ2n) is 7.81. The third-order valence-corrected chi connectivity index (χ3v) is 6.06. The van der Waals surface area contributed by atoms with Crippen LogP contribution in [0.3, 0.4) is 0 Å². The van der Waals surface area contributed by atoms with Crippen molar-refractivity contribution in [3.63, 3.8) is 0 Å². The summed E-state index contributed by atoms with van der Waals surface area (Å²) in [6, 6.07) is 3.25. The summed E-state index contributed by atoms with van der Waals surface area (Å²) in [6.07, 6.45) is 5.46. The van der Waals surface area contributed by atoms with E-state index in [1.807, 2.05) is 4.90 Å². The first kappa shape index (κ1) is 18.7. The fourth-order valence-corrected chi connectivity index (χ4v) is 4.41. The van der Waals surface area contributed by atoms with Crippen LogP contribution in [0.2, 0.25) is 0 Å². The number of carbonyl (C=O) groups excluding carboxylic acids is 2. The van der Waals surface area contributed by atoms with Gasteiger partial charge in [-0.25, -0.2) is 4.39 Å². The van der Waals surface area contributed by atoms with E-state index in [4.69, 9.17) is 0 Å². The average molecular weight is 384 g/mol. The zero-order chi connectivity index (χ0) is 19.8. The number of nitrogens with zero attached hydrogens (tertiary/aromatic N) is 3. The molecule has 0 bridgehead atoms. The molecule has 6 nitrogen and oxygen atoms in total. The van der Waals surface area contributed by atoms with Gasteiger partial charge in [0, 0.05) is 33.5 Å². The second kappa shape index (κ2) is 7.37. The van der Waals surface area contributed by atoms with E-state index in [1.165, 1.54) is 6.07 Å². The number of benzene rings is 1. The number of nitrogens with one attached hydrogen (secondary N) is 1. The van der Waals surface area contributed by atoms with Crippen LogP contribution in [-0.4, -0.2) is 47.0 Å². The van der Waals surface area contributed by atoms with E-state index < -0.39 is 0 Å². The molecule has 4 rings (SSSR count). The Morgan fingerprint density at radius 2 is 2.04 bits per heavy atom. The number of aromatic nitrogens is 2. The standard InChI is InChI=1S/C21H25FN4O2/c1-13(27)26-9-7-14(8-10-26)11-16-12-23-24-20(16)19-17(22)5-3-15-4-6-18(28)25(2)21(15)19/h3,5,12,14H,4,6-11H2,1-2H3,(H,23,24). The topological polar surface area (TPSA) is 69.3 Å². The number of piperidine rings is 1. The van der Waals surface area contributed by atoms with Gasteiger partial charge in [0.1, 0.15) is 5.82 Å². The molecule has 1 N–H and O–H groups in total. The van der Waals surface area contributed by atoms with Gasteiger partial charge < -0.3 is 9.80 Å². The van der Waals surface area contributed by atoms with Crippen LogP contribution >= 0.6 is 0 Å². The molecular formula is C21H25FN4O2. The van der Waals surface area contributed by atoms with E-state index in [0.717, 1.165) is 43.5 Å². The molecule has 0 aliphatic carbocycles. The van der Waals surface area contributed by atoms with Crippen molar-refractivity contribution in [2.75, 3.05) is 25.0 Å². The fourth-order valence-electron chi connectivity index (χ4n) is 4.41. The molecule has 2 aliphatic heterocycles. The smallest absolute Gasteiger partial charge is 0.227 e.